The van der Waals surface area contributed by atoms with E-state index >= 15 is 0 Å². The Labute approximate surface area is 111 Å². The molecule has 0 radical (unpaired) electrons. The van der Waals surface area contributed by atoms with Crippen molar-refractivity contribution in [3.8, 4) is 0 Å². The minimum Gasteiger partial charge on any atom is -0.341 e. The average molecular weight is 268 g/mol. The van der Waals surface area contributed by atoms with Crippen LogP contribution in [-0.4, -0.2) is 30.9 Å². The molecule has 0 bridgehead atoms. The van der Waals surface area contributed by atoms with Crippen molar-refractivity contribution in [2.45, 2.75) is 13.5 Å². The summed E-state index contributed by atoms with van der Waals surface area (Å²) in [6.07, 6.45) is 0. The lowest BCUT2D eigenvalue weighted by atomic mass is 9.96. The van der Waals surface area contributed by atoms with Gasteiger partial charge in [-0.1, -0.05) is 13.0 Å². The van der Waals surface area contributed by atoms with Gasteiger partial charge in [0, 0.05) is 20.1 Å². The van der Waals surface area contributed by atoms with Gasteiger partial charge in [-0.2, -0.15) is 0 Å². The van der Waals surface area contributed by atoms with Gasteiger partial charge in [-0.3, -0.25) is 4.79 Å². The number of hydrogen-bond donors (Lipinski definition) is 1. The third-order valence-electron chi connectivity index (χ3n) is 3.61. The molecule has 1 aliphatic heterocycles. The van der Waals surface area contributed by atoms with Gasteiger partial charge in [-0.05, 0) is 30.2 Å². The smallest absolute Gasteiger partial charge is 0.227 e. The molecule has 1 N–H and O–H groups in total. The molecule has 1 heterocycles. The van der Waals surface area contributed by atoms with Gasteiger partial charge in [0.1, 0.15) is 0 Å². The second-order valence-corrected chi connectivity index (χ2v) is 5.18. The summed E-state index contributed by atoms with van der Waals surface area (Å²) in [4.78, 5) is 13.8. The first-order chi connectivity index (χ1) is 8.99. The Balaban J connectivity index is 2.01. The van der Waals surface area contributed by atoms with Gasteiger partial charge in [0.05, 0.1) is 5.92 Å². The van der Waals surface area contributed by atoms with Gasteiger partial charge in [0.25, 0.3) is 0 Å². The second-order valence-electron chi connectivity index (χ2n) is 5.18. The molecule has 0 saturated carbocycles. The molecule has 1 aromatic carbocycles. The topological polar surface area (TPSA) is 32.3 Å². The minimum absolute atomic E-state index is 0.0321. The van der Waals surface area contributed by atoms with E-state index in [2.05, 4.69) is 5.32 Å². The maximum Gasteiger partial charge on any atom is 0.227 e. The van der Waals surface area contributed by atoms with Gasteiger partial charge in [-0.15, -0.1) is 0 Å². The van der Waals surface area contributed by atoms with Crippen molar-refractivity contribution in [2.75, 3.05) is 20.1 Å². The number of benzene rings is 1. The van der Waals surface area contributed by atoms with E-state index in [1.807, 2.05) is 6.92 Å². The predicted octanol–water partition coefficient (Wildman–Crippen LogP) is 1.78. The SMILES string of the molecule is CC1CNCC1C(=O)N(C)Cc1ccc(F)c(F)c1. The molecule has 1 amide bonds. The van der Waals surface area contributed by atoms with Crippen molar-refractivity contribution in [3.05, 3.63) is 35.4 Å². The van der Waals surface area contributed by atoms with Crippen LogP contribution in [0.5, 0.6) is 0 Å². The lowest BCUT2D eigenvalue weighted by molar-refractivity contribution is -0.135. The summed E-state index contributed by atoms with van der Waals surface area (Å²) in [6.45, 7) is 3.85. The van der Waals surface area contributed by atoms with Crippen molar-refractivity contribution in [2.24, 2.45) is 11.8 Å². The van der Waals surface area contributed by atoms with Gasteiger partial charge in [0.2, 0.25) is 5.91 Å². The van der Waals surface area contributed by atoms with Crippen LogP contribution in [0, 0.1) is 23.5 Å². The molecule has 1 aliphatic rings. The van der Waals surface area contributed by atoms with Crippen molar-refractivity contribution in [3.63, 3.8) is 0 Å². The summed E-state index contributed by atoms with van der Waals surface area (Å²) in [6, 6.07) is 3.72. The van der Waals surface area contributed by atoms with Gasteiger partial charge in [0.15, 0.2) is 11.6 Å². The number of hydrogen-bond acceptors (Lipinski definition) is 2. The highest BCUT2D eigenvalue weighted by Gasteiger charge is 2.31. The Morgan fingerprint density at radius 2 is 2.11 bits per heavy atom. The Morgan fingerprint density at radius 1 is 1.37 bits per heavy atom. The first kappa shape index (κ1) is 13.9. The lowest BCUT2D eigenvalue weighted by Crippen LogP contribution is -2.35. The third-order valence-corrected chi connectivity index (χ3v) is 3.61. The molecular weight excluding hydrogens is 250 g/mol. The molecule has 1 saturated heterocycles. The zero-order valence-corrected chi connectivity index (χ0v) is 11.1. The zero-order chi connectivity index (χ0) is 14.0. The van der Waals surface area contributed by atoms with Crippen molar-refractivity contribution in [1.29, 1.82) is 0 Å². The number of carbonyl (C=O) groups is 1. The molecule has 3 nitrogen and oxygen atoms in total. The van der Waals surface area contributed by atoms with E-state index in [9.17, 15) is 13.6 Å². The summed E-state index contributed by atoms with van der Waals surface area (Å²) in [7, 11) is 1.69. The summed E-state index contributed by atoms with van der Waals surface area (Å²) in [5, 5.41) is 3.18. The fourth-order valence-electron chi connectivity index (χ4n) is 2.41. The maximum absolute atomic E-state index is 13.1. The predicted molar refractivity (Wildman–Crippen MR) is 68.4 cm³/mol. The fraction of sp³-hybridized carbons (Fsp3) is 0.500. The highest BCUT2D eigenvalue weighted by atomic mass is 19.2. The largest absolute Gasteiger partial charge is 0.341 e. The Hall–Kier alpha value is -1.49. The normalized spacial score (nSPS) is 22.5. The minimum atomic E-state index is -0.880. The van der Waals surface area contributed by atoms with Crippen LogP contribution in [0.4, 0.5) is 8.78 Å². The molecule has 2 unspecified atom stereocenters. The van der Waals surface area contributed by atoms with Crippen molar-refractivity contribution >= 4 is 5.91 Å². The molecule has 104 valence electrons. The Morgan fingerprint density at radius 3 is 2.68 bits per heavy atom. The second kappa shape index (κ2) is 5.65. The standard InChI is InChI=1S/C14H18F2N2O/c1-9-6-17-7-11(9)14(19)18(2)8-10-3-4-12(15)13(16)5-10/h3-5,9,11,17H,6-8H2,1-2H3. The highest BCUT2D eigenvalue weighted by Crippen LogP contribution is 2.19. The number of nitrogens with zero attached hydrogens (tertiary/aromatic N) is 1. The quantitative estimate of drug-likeness (QED) is 0.906. The third kappa shape index (κ3) is 3.10. The first-order valence-electron chi connectivity index (χ1n) is 6.38. The van der Waals surface area contributed by atoms with E-state index in [0.717, 1.165) is 18.7 Å². The van der Waals surface area contributed by atoms with Gasteiger partial charge >= 0.3 is 0 Å². The van der Waals surface area contributed by atoms with Crippen LogP contribution in [0.15, 0.2) is 18.2 Å². The highest BCUT2D eigenvalue weighted by molar-refractivity contribution is 5.79. The Kier molecular flexibility index (Phi) is 4.14. The van der Waals surface area contributed by atoms with Gasteiger partial charge < -0.3 is 10.2 Å². The average Bonchev–Trinajstić information content (AvgIpc) is 2.79. The monoisotopic (exact) mass is 268 g/mol. The summed E-state index contributed by atoms with van der Waals surface area (Å²) in [5.41, 5.74) is 0.591. The van der Waals surface area contributed by atoms with Crippen molar-refractivity contribution in [1.82, 2.24) is 10.2 Å². The molecular formula is C14H18F2N2O. The number of carbonyl (C=O) groups excluding carboxylic acids is 1. The summed E-state index contributed by atoms with van der Waals surface area (Å²) < 4.78 is 25.9. The number of rotatable bonds is 3. The van der Waals surface area contributed by atoms with E-state index in [0.29, 0.717) is 24.6 Å². The molecule has 5 heteroatoms. The first-order valence-corrected chi connectivity index (χ1v) is 6.38. The molecule has 0 aromatic heterocycles. The van der Waals surface area contributed by atoms with Crippen LogP contribution < -0.4 is 5.32 Å². The number of amides is 1. The van der Waals surface area contributed by atoms with E-state index in [1.165, 1.54) is 6.07 Å². The molecule has 0 aliphatic carbocycles. The lowest BCUT2D eigenvalue weighted by Gasteiger charge is -2.23. The van der Waals surface area contributed by atoms with Crippen LogP contribution in [0.25, 0.3) is 0 Å². The number of nitrogens with one attached hydrogen (secondary N) is 1. The maximum atomic E-state index is 13.1. The molecule has 0 spiro atoms. The van der Waals surface area contributed by atoms with Crippen molar-refractivity contribution < 1.29 is 13.6 Å². The van der Waals surface area contributed by atoms with Crippen LogP contribution in [0.3, 0.4) is 0 Å². The molecule has 2 atom stereocenters. The molecule has 1 fully saturated rings. The summed E-state index contributed by atoms with van der Waals surface area (Å²) in [5.74, 6) is -1.43. The summed E-state index contributed by atoms with van der Waals surface area (Å²) >= 11 is 0. The van der Waals surface area contributed by atoms with Crippen LogP contribution in [0.2, 0.25) is 0 Å². The van der Waals surface area contributed by atoms with E-state index in [4.69, 9.17) is 0 Å². The van der Waals surface area contributed by atoms with Crippen LogP contribution in [-0.2, 0) is 11.3 Å². The van der Waals surface area contributed by atoms with E-state index in [-0.39, 0.29) is 11.8 Å². The van der Waals surface area contributed by atoms with E-state index < -0.39 is 11.6 Å². The molecule has 1 aromatic rings. The Bertz CT molecular complexity index is 479. The molecule has 19 heavy (non-hydrogen) atoms. The molecule has 2 rings (SSSR count). The van der Waals surface area contributed by atoms with E-state index in [1.54, 1.807) is 11.9 Å². The fourth-order valence-corrected chi connectivity index (χ4v) is 2.41. The van der Waals surface area contributed by atoms with Gasteiger partial charge in [-0.25, -0.2) is 8.78 Å². The number of halogens is 2. The van der Waals surface area contributed by atoms with Crippen LogP contribution in [0.1, 0.15) is 12.5 Å². The zero-order valence-electron chi connectivity index (χ0n) is 11.1. The van der Waals surface area contributed by atoms with Crippen LogP contribution >= 0.6 is 0 Å².